The number of carbonyl (C=O) groups excluding carboxylic acids is 1. The number of benzene rings is 2. The van der Waals surface area contributed by atoms with Crippen LogP contribution >= 0.6 is 0 Å². The monoisotopic (exact) mass is 464 g/mol. The van der Waals surface area contributed by atoms with Crippen LogP contribution < -0.4 is 0 Å². The molecule has 0 amide bonds. The summed E-state index contributed by atoms with van der Waals surface area (Å²) in [4.78, 5) is 18.9. The highest BCUT2D eigenvalue weighted by atomic mass is 16.9. The van der Waals surface area contributed by atoms with Crippen LogP contribution in [0.25, 0.3) is 11.0 Å². The summed E-state index contributed by atoms with van der Waals surface area (Å²) in [6, 6.07) is 17.6. The average molecular weight is 465 g/mol. The van der Waals surface area contributed by atoms with Gasteiger partial charge in [-0.1, -0.05) is 42.5 Å². The predicted molar refractivity (Wildman–Crippen MR) is 122 cm³/mol. The normalized spacial score (nSPS) is 31.4. The summed E-state index contributed by atoms with van der Waals surface area (Å²) in [6.07, 6.45) is -2.82. The van der Waals surface area contributed by atoms with E-state index in [4.69, 9.17) is 28.7 Å². The van der Waals surface area contributed by atoms with E-state index in [2.05, 4.69) is 0 Å². The summed E-state index contributed by atoms with van der Waals surface area (Å²) in [7, 11) is 0. The van der Waals surface area contributed by atoms with Gasteiger partial charge in [0.05, 0.1) is 11.0 Å². The zero-order chi connectivity index (χ0) is 23.7. The van der Waals surface area contributed by atoms with Gasteiger partial charge in [-0.15, -0.1) is 0 Å². The van der Waals surface area contributed by atoms with Gasteiger partial charge < -0.3 is 23.7 Å². The molecule has 5 atom stereocenters. The molecule has 34 heavy (non-hydrogen) atoms. The maximum absolute atomic E-state index is 14.2. The molecule has 3 aliphatic heterocycles. The van der Waals surface area contributed by atoms with Crippen LogP contribution in [0.15, 0.2) is 54.6 Å². The molecule has 3 saturated heterocycles. The topological polar surface area (TPSA) is 81.0 Å². The summed E-state index contributed by atoms with van der Waals surface area (Å²) >= 11 is 0. The molecule has 6 rings (SSSR count). The van der Waals surface area contributed by atoms with Crippen molar-refractivity contribution in [1.29, 1.82) is 0 Å². The van der Waals surface area contributed by atoms with E-state index in [-0.39, 0.29) is 5.91 Å². The molecular formula is C26H28N2O6. The molecule has 3 fully saturated rings. The van der Waals surface area contributed by atoms with Crippen molar-refractivity contribution in [1.82, 2.24) is 9.55 Å². The van der Waals surface area contributed by atoms with Crippen molar-refractivity contribution < 1.29 is 28.5 Å². The van der Waals surface area contributed by atoms with E-state index in [0.29, 0.717) is 12.2 Å². The minimum Gasteiger partial charge on any atom is -0.342 e. The van der Waals surface area contributed by atoms with Gasteiger partial charge in [-0.2, -0.15) is 0 Å². The predicted octanol–water partition coefficient (Wildman–Crippen LogP) is 3.66. The molecule has 0 spiro atoms. The number of aromatic nitrogens is 2. The maximum Gasteiger partial charge on any atom is 0.264 e. The lowest BCUT2D eigenvalue weighted by molar-refractivity contribution is -0.222. The van der Waals surface area contributed by atoms with Crippen LogP contribution in [-0.4, -0.2) is 57.7 Å². The van der Waals surface area contributed by atoms with Crippen molar-refractivity contribution in [3.05, 3.63) is 66.0 Å². The summed E-state index contributed by atoms with van der Waals surface area (Å²) in [5.41, 5.74) is 2.53. The van der Waals surface area contributed by atoms with E-state index >= 15 is 0 Å². The van der Waals surface area contributed by atoms with Crippen LogP contribution in [0.3, 0.4) is 0 Å². The fourth-order valence-corrected chi connectivity index (χ4v) is 5.16. The van der Waals surface area contributed by atoms with Crippen LogP contribution in [0.5, 0.6) is 0 Å². The number of hydrogen-bond acceptors (Lipinski definition) is 7. The molecule has 2 aromatic carbocycles. The molecule has 3 aromatic rings. The van der Waals surface area contributed by atoms with E-state index in [1.807, 2.05) is 82.3 Å². The zero-order valence-corrected chi connectivity index (χ0v) is 19.6. The second-order valence-corrected chi connectivity index (χ2v) is 9.94. The first kappa shape index (κ1) is 21.9. The third kappa shape index (κ3) is 3.66. The maximum atomic E-state index is 14.2. The summed E-state index contributed by atoms with van der Waals surface area (Å²) in [5, 5.41) is 0. The lowest BCUT2D eigenvalue weighted by Crippen LogP contribution is -2.58. The van der Waals surface area contributed by atoms with Gasteiger partial charge in [0, 0.05) is 6.42 Å². The van der Waals surface area contributed by atoms with E-state index < -0.39 is 42.3 Å². The van der Waals surface area contributed by atoms with Gasteiger partial charge in [-0.05, 0) is 45.4 Å². The Kier molecular flexibility index (Phi) is 4.95. The Hall–Kier alpha value is -2.62. The number of hydrogen-bond donors (Lipinski definition) is 0. The molecule has 1 aromatic heterocycles. The second kappa shape index (κ2) is 7.69. The molecule has 3 aliphatic rings. The Bertz CT molecular complexity index is 1240. The van der Waals surface area contributed by atoms with Crippen molar-refractivity contribution >= 4 is 16.9 Å². The van der Waals surface area contributed by atoms with Gasteiger partial charge in [0.1, 0.15) is 24.1 Å². The highest BCUT2D eigenvalue weighted by Gasteiger charge is 2.62. The summed E-state index contributed by atoms with van der Waals surface area (Å²) in [6.45, 7) is 7.30. The molecule has 0 radical (unpaired) electrons. The van der Waals surface area contributed by atoms with Crippen LogP contribution in [0, 0.1) is 0 Å². The molecule has 5 unspecified atom stereocenters. The quantitative estimate of drug-likeness (QED) is 0.585. The molecule has 0 aliphatic carbocycles. The molecule has 178 valence electrons. The fraction of sp³-hybridized carbons (Fsp3) is 0.462. The van der Waals surface area contributed by atoms with E-state index in [1.165, 1.54) is 0 Å². The number of ether oxygens (including phenoxy) is 5. The van der Waals surface area contributed by atoms with Crippen molar-refractivity contribution in [3.8, 4) is 0 Å². The van der Waals surface area contributed by atoms with E-state index in [1.54, 1.807) is 4.57 Å². The molecule has 4 heterocycles. The lowest BCUT2D eigenvalue weighted by atomic mass is 9.98. The minimum atomic E-state index is -0.947. The Balaban J connectivity index is 1.41. The number of carbonyl (C=O) groups is 1. The SMILES string of the molecule is CC1(C)OC2OC(C(=O)n3c(Cc4ccccc4)nc4ccccc43)C3OC(C)(C)OC3C2O1. The largest absolute Gasteiger partial charge is 0.342 e. The third-order valence-corrected chi connectivity index (χ3v) is 6.45. The lowest BCUT2D eigenvalue weighted by Gasteiger charge is -2.36. The van der Waals surface area contributed by atoms with Gasteiger partial charge in [0.15, 0.2) is 24.0 Å². The Morgan fingerprint density at radius 2 is 1.50 bits per heavy atom. The molecule has 0 saturated carbocycles. The van der Waals surface area contributed by atoms with Gasteiger partial charge in [0.25, 0.3) is 5.91 Å². The van der Waals surface area contributed by atoms with E-state index in [9.17, 15) is 4.79 Å². The Labute approximate surface area is 197 Å². The molecular weight excluding hydrogens is 436 g/mol. The highest BCUT2D eigenvalue weighted by molar-refractivity contribution is 5.94. The van der Waals surface area contributed by atoms with Gasteiger partial charge in [-0.25, -0.2) is 4.98 Å². The number of imidazole rings is 1. The number of fused-ring (bicyclic) bond motifs is 4. The second-order valence-electron chi connectivity index (χ2n) is 9.94. The average Bonchev–Trinajstić information content (AvgIpc) is 3.41. The van der Waals surface area contributed by atoms with E-state index in [0.717, 1.165) is 16.6 Å². The highest BCUT2D eigenvalue weighted by Crippen LogP contribution is 2.44. The van der Waals surface area contributed by atoms with Crippen molar-refractivity contribution in [2.75, 3.05) is 0 Å². The van der Waals surface area contributed by atoms with Gasteiger partial charge in [-0.3, -0.25) is 9.36 Å². The number of rotatable bonds is 3. The number of nitrogens with zero attached hydrogens (tertiary/aromatic N) is 2. The van der Waals surface area contributed by atoms with Crippen LogP contribution in [0.1, 0.15) is 43.9 Å². The fourth-order valence-electron chi connectivity index (χ4n) is 5.16. The first-order valence-electron chi connectivity index (χ1n) is 11.6. The van der Waals surface area contributed by atoms with Crippen molar-refractivity contribution in [2.24, 2.45) is 0 Å². The zero-order valence-electron chi connectivity index (χ0n) is 19.6. The molecule has 0 bridgehead atoms. The van der Waals surface area contributed by atoms with Gasteiger partial charge >= 0.3 is 0 Å². The van der Waals surface area contributed by atoms with Crippen molar-refractivity contribution in [3.63, 3.8) is 0 Å². The Morgan fingerprint density at radius 3 is 2.29 bits per heavy atom. The van der Waals surface area contributed by atoms with Crippen LogP contribution in [-0.2, 0) is 30.1 Å². The molecule has 8 heteroatoms. The summed E-state index contributed by atoms with van der Waals surface area (Å²) in [5.74, 6) is -1.36. The van der Waals surface area contributed by atoms with Gasteiger partial charge in [0.2, 0.25) is 0 Å². The summed E-state index contributed by atoms with van der Waals surface area (Å²) < 4.78 is 32.3. The Morgan fingerprint density at radius 1 is 0.853 bits per heavy atom. The van der Waals surface area contributed by atoms with Crippen LogP contribution in [0.2, 0.25) is 0 Å². The first-order valence-corrected chi connectivity index (χ1v) is 11.6. The number of para-hydroxylation sites is 2. The molecule has 8 nitrogen and oxygen atoms in total. The third-order valence-electron chi connectivity index (χ3n) is 6.45. The van der Waals surface area contributed by atoms with Crippen molar-refractivity contribution in [2.45, 2.75) is 76.4 Å². The molecule has 0 N–H and O–H groups in total. The smallest absolute Gasteiger partial charge is 0.264 e. The van der Waals surface area contributed by atoms with Crippen LogP contribution in [0.4, 0.5) is 0 Å². The minimum absolute atomic E-state index is 0.261. The standard InChI is InChI=1S/C26H28N2O6/c1-25(2)31-19-20(32-25)22-24(34-26(3,4)33-22)30-21(19)23(29)28-17-13-9-8-12-16(17)27-18(28)14-15-10-6-5-7-11-15/h5-13,19-22,24H,14H2,1-4H3. The first-order chi connectivity index (χ1) is 16.2.